The zero-order valence-electron chi connectivity index (χ0n) is 10.3. The molecule has 2 aromatic carbocycles. The molecule has 0 amide bonds. The average molecular weight is 393 g/mol. The first-order valence-corrected chi connectivity index (χ1v) is 7.48. The predicted molar refractivity (Wildman–Crippen MR) is 84.5 cm³/mol. The quantitative estimate of drug-likeness (QED) is 0.429. The van der Waals surface area contributed by atoms with Crippen LogP contribution in [0.2, 0.25) is 0 Å². The molecule has 5 nitrogen and oxygen atoms in total. The first kappa shape index (κ1) is 12.2. The lowest BCUT2D eigenvalue weighted by Crippen LogP contribution is -1.91. The Morgan fingerprint density at radius 1 is 0.800 bits per heavy atom. The van der Waals surface area contributed by atoms with Gasteiger partial charge in [0.05, 0.1) is 20.0 Å². The number of hydrogen-bond acceptors (Lipinski definition) is 4. The van der Waals surface area contributed by atoms with Gasteiger partial charge in [-0.05, 0) is 44.0 Å². The van der Waals surface area contributed by atoms with Gasteiger partial charge in [0.15, 0.2) is 0 Å². The molecule has 0 fully saturated rings. The van der Waals surface area contributed by atoms with E-state index in [2.05, 4.69) is 52.0 Å². The van der Waals surface area contributed by atoms with Gasteiger partial charge in [-0.3, -0.25) is 0 Å². The molecule has 2 heterocycles. The number of aryl methyl sites for hydroxylation is 1. The maximum absolute atomic E-state index is 4.68. The lowest BCUT2D eigenvalue weighted by atomic mass is 10.2. The summed E-state index contributed by atoms with van der Waals surface area (Å²) in [5.74, 6) is 0. The summed E-state index contributed by atoms with van der Waals surface area (Å²) in [6.45, 7) is 0. The monoisotopic (exact) mass is 391 g/mol. The molecule has 0 saturated carbocycles. The van der Waals surface area contributed by atoms with Crippen molar-refractivity contribution in [3.8, 4) is 0 Å². The second-order valence-corrected chi connectivity index (χ2v) is 6.01. The van der Waals surface area contributed by atoms with E-state index in [9.17, 15) is 0 Å². The molecule has 0 N–H and O–H groups in total. The van der Waals surface area contributed by atoms with Gasteiger partial charge in [0.1, 0.15) is 22.1 Å². The molecule has 2 aromatic heterocycles. The van der Waals surface area contributed by atoms with Gasteiger partial charge in [-0.1, -0.05) is 12.1 Å². The smallest absolute Gasteiger partial charge is 0.130 e. The SMILES string of the molecule is Cn1nc2c(Br)c3nc4ccccc4nc3c(Br)c2n1. The highest BCUT2D eigenvalue weighted by Gasteiger charge is 2.17. The molecule has 20 heavy (non-hydrogen) atoms. The fraction of sp³-hybridized carbons (Fsp3) is 0.0769. The van der Waals surface area contributed by atoms with Crippen molar-refractivity contribution < 1.29 is 0 Å². The summed E-state index contributed by atoms with van der Waals surface area (Å²) in [6.07, 6.45) is 0. The third kappa shape index (κ3) is 1.59. The topological polar surface area (TPSA) is 56.5 Å². The molecule has 0 spiro atoms. The molecule has 98 valence electrons. The number of rotatable bonds is 0. The number of halogens is 2. The van der Waals surface area contributed by atoms with Gasteiger partial charge in [0.25, 0.3) is 0 Å². The predicted octanol–water partition coefficient (Wildman–Crippen LogP) is 3.59. The summed E-state index contributed by atoms with van der Waals surface area (Å²) < 4.78 is 1.63. The summed E-state index contributed by atoms with van der Waals surface area (Å²) in [5.41, 5.74) is 4.83. The minimum atomic E-state index is 0.774. The molecular weight excluding hydrogens is 386 g/mol. The molecule has 0 atom stereocenters. The van der Waals surface area contributed by atoms with Crippen LogP contribution in [0.25, 0.3) is 33.1 Å². The first-order valence-electron chi connectivity index (χ1n) is 5.89. The van der Waals surface area contributed by atoms with Crippen LogP contribution in [0.4, 0.5) is 0 Å². The lowest BCUT2D eigenvalue weighted by Gasteiger charge is -2.05. The average Bonchev–Trinajstić information content (AvgIpc) is 2.85. The van der Waals surface area contributed by atoms with Crippen molar-refractivity contribution in [2.24, 2.45) is 7.05 Å². The van der Waals surface area contributed by atoms with E-state index in [1.165, 1.54) is 0 Å². The van der Waals surface area contributed by atoms with Crippen molar-refractivity contribution in [2.75, 3.05) is 0 Å². The van der Waals surface area contributed by atoms with E-state index in [-0.39, 0.29) is 0 Å². The second-order valence-electron chi connectivity index (χ2n) is 4.42. The highest BCUT2D eigenvalue weighted by atomic mass is 79.9. The molecule has 0 bridgehead atoms. The summed E-state index contributed by atoms with van der Waals surface area (Å²) in [4.78, 5) is 10.9. The zero-order valence-corrected chi connectivity index (χ0v) is 13.5. The lowest BCUT2D eigenvalue weighted by molar-refractivity contribution is 0.665. The van der Waals surface area contributed by atoms with Gasteiger partial charge in [-0.15, -0.1) is 0 Å². The van der Waals surface area contributed by atoms with Crippen LogP contribution < -0.4 is 0 Å². The maximum atomic E-state index is 4.68. The third-order valence-electron chi connectivity index (χ3n) is 3.12. The zero-order chi connectivity index (χ0) is 13.9. The largest absolute Gasteiger partial charge is 0.243 e. The van der Waals surface area contributed by atoms with Crippen molar-refractivity contribution in [1.29, 1.82) is 0 Å². The van der Waals surface area contributed by atoms with Crippen molar-refractivity contribution in [3.63, 3.8) is 0 Å². The Kier molecular flexibility index (Phi) is 2.55. The van der Waals surface area contributed by atoms with Gasteiger partial charge in [-0.25, -0.2) is 9.97 Å². The minimum absolute atomic E-state index is 0.774. The van der Waals surface area contributed by atoms with E-state index < -0.39 is 0 Å². The Hall–Kier alpha value is -1.60. The number of para-hydroxylation sites is 2. The summed E-state index contributed by atoms with van der Waals surface area (Å²) in [5, 5.41) is 8.73. The van der Waals surface area contributed by atoms with Crippen molar-refractivity contribution in [1.82, 2.24) is 25.0 Å². The van der Waals surface area contributed by atoms with E-state index in [1.807, 2.05) is 24.3 Å². The van der Waals surface area contributed by atoms with Crippen LogP contribution in [0.1, 0.15) is 0 Å². The van der Waals surface area contributed by atoms with E-state index in [0.717, 1.165) is 42.0 Å². The molecular formula is C13H7Br2N5. The van der Waals surface area contributed by atoms with E-state index in [1.54, 1.807) is 11.8 Å². The van der Waals surface area contributed by atoms with Crippen LogP contribution in [0.5, 0.6) is 0 Å². The van der Waals surface area contributed by atoms with Gasteiger partial charge < -0.3 is 0 Å². The summed E-state index contributed by atoms with van der Waals surface area (Å²) >= 11 is 7.15. The maximum Gasteiger partial charge on any atom is 0.130 e. The molecule has 0 aliphatic carbocycles. The van der Waals surface area contributed by atoms with Gasteiger partial charge in [0.2, 0.25) is 0 Å². The van der Waals surface area contributed by atoms with E-state index >= 15 is 0 Å². The van der Waals surface area contributed by atoms with Crippen molar-refractivity contribution in [2.45, 2.75) is 0 Å². The third-order valence-corrected chi connectivity index (χ3v) is 4.62. The van der Waals surface area contributed by atoms with Gasteiger partial charge >= 0.3 is 0 Å². The molecule has 0 unspecified atom stereocenters. The normalized spacial score (nSPS) is 11.8. The number of nitrogens with zero attached hydrogens (tertiary/aromatic N) is 5. The van der Waals surface area contributed by atoms with Crippen LogP contribution in [-0.4, -0.2) is 25.0 Å². The fourth-order valence-electron chi connectivity index (χ4n) is 2.23. The Bertz CT molecular complexity index is 914. The standard InChI is InChI=1S/C13H7Br2N5/c1-20-18-12-8(14)10-11(9(15)13(12)19-20)17-7-5-3-2-4-6(7)16-10/h2-5H,1H3. The highest BCUT2D eigenvalue weighted by molar-refractivity contribution is 9.11. The van der Waals surface area contributed by atoms with Crippen molar-refractivity contribution >= 4 is 65.0 Å². The highest BCUT2D eigenvalue weighted by Crippen LogP contribution is 2.36. The van der Waals surface area contributed by atoms with Gasteiger partial charge in [-0.2, -0.15) is 15.0 Å². The number of aromatic nitrogens is 5. The Morgan fingerprint density at radius 2 is 1.25 bits per heavy atom. The summed E-state index contributed by atoms with van der Waals surface area (Å²) in [7, 11) is 1.79. The minimum Gasteiger partial charge on any atom is -0.243 e. The van der Waals surface area contributed by atoms with Crippen LogP contribution >= 0.6 is 31.9 Å². The van der Waals surface area contributed by atoms with Crippen LogP contribution in [0, 0.1) is 0 Å². The molecule has 4 rings (SSSR count). The Balaban J connectivity index is 2.30. The molecule has 7 heteroatoms. The van der Waals surface area contributed by atoms with E-state index in [0.29, 0.717) is 0 Å². The molecule has 0 aliphatic rings. The Morgan fingerprint density at radius 3 is 1.70 bits per heavy atom. The van der Waals surface area contributed by atoms with Crippen LogP contribution in [0.15, 0.2) is 33.2 Å². The fourth-order valence-corrected chi connectivity index (χ4v) is 3.32. The number of fused-ring (bicyclic) bond motifs is 3. The van der Waals surface area contributed by atoms with E-state index in [4.69, 9.17) is 0 Å². The molecule has 4 aromatic rings. The van der Waals surface area contributed by atoms with Crippen molar-refractivity contribution in [3.05, 3.63) is 33.2 Å². The first-order chi connectivity index (χ1) is 9.65. The molecule has 0 saturated heterocycles. The second kappa shape index (κ2) is 4.20. The molecule has 0 radical (unpaired) electrons. The number of benzene rings is 2. The van der Waals surface area contributed by atoms with Crippen LogP contribution in [0.3, 0.4) is 0 Å². The molecule has 0 aliphatic heterocycles. The van der Waals surface area contributed by atoms with Crippen LogP contribution in [-0.2, 0) is 7.05 Å². The Labute approximate surface area is 130 Å². The summed E-state index contributed by atoms with van der Waals surface area (Å²) in [6, 6.07) is 7.80. The van der Waals surface area contributed by atoms with Gasteiger partial charge in [0, 0.05) is 7.05 Å². The number of hydrogen-bond donors (Lipinski definition) is 0.